The maximum atomic E-state index is 11.9. The van der Waals surface area contributed by atoms with Gasteiger partial charge in [0.2, 0.25) is 5.91 Å². The summed E-state index contributed by atoms with van der Waals surface area (Å²) in [6.07, 6.45) is 3.13. The van der Waals surface area contributed by atoms with E-state index in [1.807, 2.05) is 13.8 Å². The Hall–Kier alpha value is -1.79. The van der Waals surface area contributed by atoms with E-state index in [1.54, 1.807) is 0 Å². The van der Waals surface area contributed by atoms with Crippen molar-refractivity contribution in [1.82, 2.24) is 15.5 Å². The minimum atomic E-state index is -1.03. The van der Waals surface area contributed by atoms with Crippen molar-refractivity contribution < 1.29 is 19.5 Å². The molecule has 0 saturated heterocycles. The van der Waals surface area contributed by atoms with Gasteiger partial charge in [0.05, 0.1) is 0 Å². The second-order valence-corrected chi connectivity index (χ2v) is 5.58. The molecule has 0 aromatic heterocycles. The quantitative estimate of drug-likeness (QED) is 0.586. The maximum Gasteiger partial charge on any atom is 0.323 e. The molecule has 1 fully saturated rings. The smallest absolute Gasteiger partial charge is 0.323 e. The predicted molar refractivity (Wildman–Crippen MR) is 77.8 cm³/mol. The van der Waals surface area contributed by atoms with Gasteiger partial charge in [-0.3, -0.25) is 9.59 Å². The molecule has 0 spiro atoms. The number of carboxylic acid groups (broad SMARTS) is 1. The third-order valence-corrected chi connectivity index (χ3v) is 3.44. The molecule has 1 atom stereocenters. The van der Waals surface area contributed by atoms with Crippen molar-refractivity contribution in [3.63, 3.8) is 0 Å². The Balaban J connectivity index is 2.28. The first-order chi connectivity index (χ1) is 9.92. The number of nitrogens with zero attached hydrogens (tertiary/aromatic N) is 1. The van der Waals surface area contributed by atoms with Crippen molar-refractivity contribution >= 4 is 17.9 Å². The largest absolute Gasteiger partial charge is 0.480 e. The lowest BCUT2D eigenvalue weighted by atomic mass is 10.2. The Morgan fingerprint density at radius 2 is 2.00 bits per heavy atom. The Morgan fingerprint density at radius 1 is 1.33 bits per heavy atom. The van der Waals surface area contributed by atoms with Crippen molar-refractivity contribution in [2.24, 2.45) is 5.92 Å². The van der Waals surface area contributed by atoms with Crippen LogP contribution in [0.25, 0.3) is 0 Å². The van der Waals surface area contributed by atoms with Gasteiger partial charge in [-0.15, -0.1) is 0 Å². The van der Waals surface area contributed by atoms with Gasteiger partial charge in [0, 0.05) is 25.6 Å². The van der Waals surface area contributed by atoms with Gasteiger partial charge < -0.3 is 20.6 Å². The average Bonchev–Trinajstić information content (AvgIpc) is 3.21. The minimum absolute atomic E-state index is 0.114. The molecule has 120 valence electrons. The molecule has 7 heteroatoms. The molecule has 0 heterocycles. The molecule has 0 bridgehead atoms. The Bertz CT molecular complexity index is 382. The second kappa shape index (κ2) is 8.49. The van der Waals surface area contributed by atoms with Crippen LogP contribution in [0, 0.1) is 5.92 Å². The molecule has 1 saturated carbocycles. The molecule has 0 aromatic carbocycles. The summed E-state index contributed by atoms with van der Waals surface area (Å²) in [6.45, 7) is 4.27. The standard InChI is InChI=1S/C14H25N3O4/c1-3-10(2)16-12(18)6-7-15-14(21)17(9-13(19)20)8-11-4-5-11/h10-11H,3-9H2,1-2H3,(H,15,21)(H,16,18)(H,19,20). The van der Waals surface area contributed by atoms with Crippen LogP contribution < -0.4 is 10.6 Å². The fourth-order valence-corrected chi connectivity index (χ4v) is 1.84. The zero-order chi connectivity index (χ0) is 15.8. The monoisotopic (exact) mass is 299 g/mol. The Kier molecular flexibility index (Phi) is 6.98. The number of hydrogen-bond donors (Lipinski definition) is 3. The fourth-order valence-electron chi connectivity index (χ4n) is 1.84. The van der Waals surface area contributed by atoms with Gasteiger partial charge in [-0.25, -0.2) is 4.79 Å². The predicted octanol–water partition coefficient (Wildman–Crippen LogP) is 0.797. The molecule has 7 nitrogen and oxygen atoms in total. The summed E-state index contributed by atoms with van der Waals surface area (Å²) in [7, 11) is 0. The van der Waals surface area contributed by atoms with Gasteiger partial charge in [-0.2, -0.15) is 0 Å². The van der Waals surface area contributed by atoms with Crippen LogP contribution in [0.1, 0.15) is 39.5 Å². The van der Waals surface area contributed by atoms with Crippen LogP contribution in [0.15, 0.2) is 0 Å². The number of nitrogens with one attached hydrogen (secondary N) is 2. The molecule has 0 aliphatic heterocycles. The SMILES string of the molecule is CCC(C)NC(=O)CCNC(=O)N(CC(=O)O)CC1CC1. The first-order valence-electron chi connectivity index (χ1n) is 7.46. The molecule has 0 aromatic rings. The van der Waals surface area contributed by atoms with E-state index in [-0.39, 0.29) is 31.5 Å². The highest BCUT2D eigenvalue weighted by atomic mass is 16.4. The van der Waals surface area contributed by atoms with Crippen molar-refractivity contribution in [3.05, 3.63) is 0 Å². The summed E-state index contributed by atoms with van der Waals surface area (Å²) >= 11 is 0. The number of amides is 3. The van der Waals surface area contributed by atoms with Crippen LogP contribution in [-0.2, 0) is 9.59 Å². The lowest BCUT2D eigenvalue weighted by molar-refractivity contribution is -0.137. The van der Waals surface area contributed by atoms with Crippen molar-refractivity contribution in [1.29, 1.82) is 0 Å². The van der Waals surface area contributed by atoms with Crippen molar-refractivity contribution in [3.8, 4) is 0 Å². The second-order valence-electron chi connectivity index (χ2n) is 5.58. The molecule has 3 N–H and O–H groups in total. The summed E-state index contributed by atoms with van der Waals surface area (Å²) in [5.74, 6) is -0.722. The van der Waals surface area contributed by atoms with E-state index in [2.05, 4.69) is 10.6 Å². The van der Waals surface area contributed by atoms with E-state index in [1.165, 1.54) is 4.90 Å². The zero-order valence-corrected chi connectivity index (χ0v) is 12.7. The number of aliphatic carboxylic acids is 1. The van der Waals surface area contributed by atoms with Crippen LogP contribution in [-0.4, -0.2) is 53.6 Å². The third kappa shape index (κ3) is 7.53. The minimum Gasteiger partial charge on any atom is -0.480 e. The van der Waals surface area contributed by atoms with Crippen LogP contribution in [0.2, 0.25) is 0 Å². The van der Waals surface area contributed by atoms with Gasteiger partial charge >= 0.3 is 12.0 Å². The van der Waals surface area contributed by atoms with Crippen molar-refractivity contribution in [2.75, 3.05) is 19.6 Å². The highest BCUT2D eigenvalue weighted by Crippen LogP contribution is 2.29. The fraction of sp³-hybridized carbons (Fsp3) is 0.786. The number of hydrogen-bond acceptors (Lipinski definition) is 3. The van der Waals surface area contributed by atoms with Crippen LogP contribution in [0.3, 0.4) is 0 Å². The van der Waals surface area contributed by atoms with Crippen LogP contribution in [0.4, 0.5) is 4.79 Å². The van der Waals surface area contributed by atoms with Crippen LogP contribution >= 0.6 is 0 Å². The summed E-state index contributed by atoms with van der Waals surface area (Å²) in [5.41, 5.74) is 0. The van der Waals surface area contributed by atoms with Gasteiger partial charge in [0.15, 0.2) is 0 Å². The molecule has 1 aliphatic rings. The molecular weight excluding hydrogens is 274 g/mol. The maximum absolute atomic E-state index is 11.9. The van der Waals surface area contributed by atoms with Gasteiger partial charge in [0.25, 0.3) is 0 Å². The van der Waals surface area contributed by atoms with E-state index >= 15 is 0 Å². The van der Waals surface area contributed by atoms with Gasteiger partial charge in [-0.05, 0) is 32.1 Å². The number of rotatable bonds is 9. The number of carbonyl (C=O) groups is 3. The number of carboxylic acids is 1. The number of urea groups is 1. The molecular formula is C14H25N3O4. The van der Waals surface area contributed by atoms with Crippen LogP contribution in [0.5, 0.6) is 0 Å². The van der Waals surface area contributed by atoms with E-state index in [0.29, 0.717) is 12.5 Å². The van der Waals surface area contributed by atoms with E-state index < -0.39 is 12.0 Å². The normalized spacial score (nSPS) is 15.1. The van der Waals surface area contributed by atoms with Gasteiger partial charge in [-0.1, -0.05) is 6.92 Å². The van der Waals surface area contributed by atoms with E-state index in [4.69, 9.17) is 5.11 Å². The molecule has 0 radical (unpaired) electrons. The highest BCUT2D eigenvalue weighted by Gasteiger charge is 2.27. The number of carbonyl (C=O) groups excluding carboxylic acids is 2. The molecule has 1 aliphatic carbocycles. The van der Waals surface area contributed by atoms with Crippen molar-refractivity contribution in [2.45, 2.75) is 45.6 Å². The average molecular weight is 299 g/mol. The molecule has 1 unspecified atom stereocenters. The Morgan fingerprint density at radius 3 is 2.52 bits per heavy atom. The highest BCUT2D eigenvalue weighted by molar-refractivity contribution is 5.81. The summed E-state index contributed by atoms with van der Waals surface area (Å²) in [4.78, 5) is 35.5. The Labute approximate surface area is 125 Å². The third-order valence-electron chi connectivity index (χ3n) is 3.44. The molecule has 1 rings (SSSR count). The van der Waals surface area contributed by atoms with E-state index in [9.17, 15) is 14.4 Å². The first-order valence-corrected chi connectivity index (χ1v) is 7.46. The topological polar surface area (TPSA) is 98.7 Å². The lowest BCUT2D eigenvalue weighted by Crippen LogP contribution is -2.45. The zero-order valence-electron chi connectivity index (χ0n) is 12.7. The molecule has 21 heavy (non-hydrogen) atoms. The summed E-state index contributed by atoms with van der Waals surface area (Å²) in [5, 5.41) is 14.2. The summed E-state index contributed by atoms with van der Waals surface area (Å²) in [6, 6.07) is -0.299. The molecule has 3 amide bonds. The van der Waals surface area contributed by atoms with Gasteiger partial charge in [0.1, 0.15) is 6.54 Å². The van der Waals surface area contributed by atoms with E-state index in [0.717, 1.165) is 19.3 Å². The lowest BCUT2D eigenvalue weighted by Gasteiger charge is -2.21. The first kappa shape index (κ1) is 17.3. The summed E-state index contributed by atoms with van der Waals surface area (Å²) < 4.78 is 0.